The summed E-state index contributed by atoms with van der Waals surface area (Å²) in [7, 11) is 0. The molecular formula is C11H11NO4. The van der Waals surface area contributed by atoms with Crippen molar-refractivity contribution in [2.24, 2.45) is 0 Å². The van der Waals surface area contributed by atoms with Crippen LogP contribution in [0.5, 0.6) is 5.75 Å². The summed E-state index contributed by atoms with van der Waals surface area (Å²) in [6.45, 7) is 1.40. The molecule has 0 spiro atoms. The van der Waals surface area contributed by atoms with E-state index in [1.165, 1.54) is 37.4 Å². The summed E-state index contributed by atoms with van der Waals surface area (Å²) in [5.74, 6) is -1.63. The number of anilines is 1. The number of carboxylic acid groups (broad SMARTS) is 1. The third-order valence-electron chi connectivity index (χ3n) is 1.80. The fraction of sp³-hybridized carbons (Fsp3) is 0.0909. The highest BCUT2D eigenvalue weighted by Gasteiger charge is 2.09. The van der Waals surface area contributed by atoms with E-state index in [-0.39, 0.29) is 17.1 Å². The Labute approximate surface area is 92.0 Å². The average Bonchev–Trinajstić information content (AvgIpc) is 2.19. The third-order valence-corrected chi connectivity index (χ3v) is 1.80. The number of phenols is 1. The van der Waals surface area contributed by atoms with Gasteiger partial charge in [-0.15, -0.1) is 0 Å². The van der Waals surface area contributed by atoms with Crippen LogP contribution >= 0.6 is 0 Å². The van der Waals surface area contributed by atoms with Gasteiger partial charge in [-0.25, -0.2) is 4.79 Å². The summed E-state index contributed by atoms with van der Waals surface area (Å²) >= 11 is 0. The number of aromatic carboxylic acids is 1. The lowest BCUT2D eigenvalue weighted by Gasteiger charge is -2.03. The maximum atomic E-state index is 10.7. The molecule has 0 saturated carbocycles. The molecule has 16 heavy (non-hydrogen) atoms. The molecule has 0 saturated heterocycles. The second-order valence-electron chi connectivity index (χ2n) is 3.13. The van der Waals surface area contributed by atoms with Crippen LogP contribution in [-0.2, 0) is 4.79 Å². The van der Waals surface area contributed by atoms with Gasteiger partial charge in [0.25, 0.3) is 0 Å². The van der Waals surface area contributed by atoms with E-state index in [4.69, 9.17) is 5.11 Å². The van der Waals surface area contributed by atoms with E-state index in [1.807, 2.05) is 0 Å². The molecule has 1 aromatic rings. The first-order valence-electron chi connectivity index (χ1n) is 4.50. The fourth-order valence-electron chi connectivity index (χ4n) is 1.05. The van der Waals surface area contributed by atoms with Crippen LogP contribution in [0.15, 0.2) is 30.5 Å². The van der Waals surface area contributed by atoms with Gasteiger partial charge in [0.05, 0.1) is 0 Å². The lowest BCUT2D eigenvalue weighted by molar-refractivity contribution is -0.112. The summed E-state index contributed by atoms with van der Waals surface area (Å²) in [5, 5.41) is 20.7. The van der Waals surface area contributed by atoms with Crippen molar-refractivity contribution in [2.75, 3.05) is 5.32 Å². The summed E-state index contributed by atoms with van der Waals surface area (Å²) in [6, 6.07) is 4.06. The maximum Gasteiger partial charge on any atom is 0.339 e. The highest BCUT2D eigenvalue weighted by atomic mass is 16.4. The molecule has 1 aromatic carbocycles. The topological polar surface area (TPSA) is 86.6 Å². The molecule has 0 aliphatic heterocycles. The Balaban J connectivity index is 2.87. The van der Waals surface area contributed by atoms with Gasteiger partial charge < -0.3 is 15.5 Å². The monoisotopic (exact) mass is 221 g/mol. The van der Waals surface area contributed by atoms with Gasteiger partial charge in [0.2, 0.25) is 0 Å². The van der Waals surface area contributed by atoms with E-state index in [9.17, 15) is 14.7 Å². The molecule has 3 N–H and O–H groups in total. The van der Waals surface area contributed by atoms with E-state index in [0.29, 0.717) is 5.69 Å². The molecular weight excluding hydrogens is 210 g/mol. The van der Waals surface area contributed by atoms with Crippen LogP contribution in [0.1, 0.15) is 17.3 Å². The molecule has 0 bridgehead atoms. The maximum absolute atomic E-state index is 10.7. The van der Waals surface area contributed by atoms with Gasteiger partial charge in [-0.1, -0.05) is 0 Å². The van der Waals surface area contributed by atoms with Crippen LogP contribution < -0.4 is 5.32 Å². The van der Waals surface area contributed by atoms with Crippen LogP contribution in [0.4, 0.5) is 5.69 Å². The van der Waals surface area contributed by atoms with E-state index >= 15 is 0 Å². The first-order chi connectivity index (χ1) is 7.50. The predicted octanol–water partition coefficient (Wildman–Crippen LogP) is 1.60. The smallest absolute Gasteiger partial charge is 0.339 e. The van der Waals surface area contributed by atoms with Crippen LogP contribution in [0.2, 0.25) is 0 Å². The van der Waals surface area contributed by atoms with E-state index in [0.717, 1.165) is 0 Å². The summed E-state index contributed by atoms with van der Waals surface area (Å²) in [6.07, 6.45) is 2.72. The van der Waals surface area contributed by atoms with Gasteiger partial charge in [-0.2, -0.15) is 0 Å². The van der Waals surface area contributed by atoms with Gasteiger partial charge >= 0.3 is 5.97 Å². The minimum Gasteiger partial charge on any atom is -0.507 e. The molecule has 0 fully saturated rings. The number of carboxylic acids is 1. The molecule has 0 atom stereocenters. The van der Waals surface area contributed by atoms with Gasteiger partial charge in [0, 0.05) is 11.9 Å². The largest absolute Gasteiger partial charge is 0.507 e. The number of allylic oxidation sites excluding steroid dienone is 1. The zero-order chi connectivity index (χ0) is 12.1. The van der Waals surface area contributed by atoms with E-state index in [2.05, 4.69) is 5.32 Å². The number of hydrogen-bond acceptors (Lipinski definition) is 4. The molecule has 0 radical (unpaired) electrons. The van der Waals surface area contributed by atoms with E-state index < -0.39 is 5.97 Å². The van der Waals surface area contributed by atoms with Crippen LogP contribution in [0, 0.1) is 0 Å². The summed E-state index contributed by atoms with van der Waals surface area (Å²) in [4.78, 5) is 21.3. The standard InChI is InChI=1S/C11H11NO4/c1-7(13)4-5-12-8-2-3-10(14)9(6-8)11(15)16/h2-6,12,14H,1H3,(H,15,16). The van der Waals surface area contributed by atoms with Crippen molar-refractivity contribution in [3.8, 4) is 5.75 Å². The second kappa shape index (κ2) is 4.97. The van der Waals surface area contributed by atoms with Crippen molar-refractivity contribution in [1.29, 1.82) is 0 Å². The van der Waals surface area contributed by atoms with Crippen molar-refractivity contribution in [3.63, 3.8) is 0 Å². The Morgan fingerprint density at radius 2 is 2.06 bits per heavy atom. The molecule has 1 rings (SSSR count). The average molecular weight is 221 g/mol. The quantitative estimate of drug-likeness (QED) is 0.531. The van der Waals surface area contributed by atoms with Gasteiger partial charge in [0.15, 0.2) is 5.78 Å². The van der Waals surface area contributed by atoms with E-state index in [1.54, 1.807) is 0 Å². The molecule has 0 aliphatic rings. The minimum absolute atomic E-state index is 0.121. The van der Waals surface area contributed by atoms with Gasteiger partial charge in [-0.3, -0.25) is 4.79 Å². The zero-order valence-electron chi connectivity index (χ0n) is 8.60. The first-order valence-corrected chi connectivity index (χ1v) is 4.50. The molecule has 5 heteroatoms. The van der Waals surface area contributed by atoms with Crippen molar-refractivity contribution in [2.45, 2.75) is 6.92 Å². The van der Waals surface area contributed by atoms with Crippen molar-refractivity contribution >= 4 is 17.4 Å². The lowest BCUT2D eigenvalue weighted by atomic mass is 10.2. The summed E-state index contributed by atoms with van der Waals surface area (Å²) in [5.41, 5.74) is 0.286. The second-order valence-corrected chi connectivity index (χ2v) is 3.13. The van der Waals surface area contributed by atoms with Crippen molar-refractivity contribution in [1.82, 2.24) is 0 Å². The number of hydrogen-bond donors (Lipinski definition) is 3. The molecule has 0 aliphatic carbocycles. The Morgan fingerprint density at radius 3 is 2.62 bits per heavy atom. The minimum atomic E-state index is -1.21. The van der Waals surface area contributed by atoms with Crippen molar-refractivity contribution < 1.29 is 19.8 Å². The number of ketones is 1. The third kappa shape index (κ3) is 3.13. The molecule has 0 amide bonds. The van der Waals surface area contributed by atoms with Crippen LogP contribution in [-0.4, -0.2) is 22.0 Å². The fourth-order valence-corrected chi connectivity index (χ4v) is 1.05. The number of carbonyl (C=O) groups is 2. The molecule has 0 aromatic heterocycles. The molecule has 0 heterocycles. The Hall–Kier alpha value is -2.30. The number of rotatable bonds is 4. The number of benzene rings is 1. The zero-order valence-corrected chi connectivity index (χ0v) is 8.60. The lowest BCUT2D eigenvalue weighted by Crippen LogP contribution is -1.98. The molecule has 84 valence electrons. The SMILES string of the molecule is CC(=O)C=CNc1ccc(O)c(C(=O)O)c1. The highest BCUT2D eigenvalue weighted by molar-refractivity contribution is 5.92. The van der Waals surface area contributed by atoms with Crippen LogP contribution in [0.3, 0.4) is 0 Å². The number of nitrogens with one attached hydrogen (secondary N) is 1. The number of aromatic hydroxyl groups is 1. The van der Waals surface area contributed by atoms with Gasteiger partial charge in [0.1, 0.15) is 11.3 Å². The first kappa shape index (κ1) is 11.8. The van der Waals surface area contributed by atoms with Crippen LogP contribution in [0.25, 0.3) is 0 Å². The molecule has 5 nitrogen and oxygen atoms in total. The van der Waals surface area contributed by atoms with Gasteiger partial charge in [-0.05, 0) is 31.2 Å². The Morgan fingerprint density at radius 1 is 1.38 bits per heavy atom. The normalized spacial score (nSPS) is 10.3. The highest BCUT2D eigenvalue weighted by Crippen LogP contribution is 2.21. The Bertz CT molecular complexity index is 451. The molecule has 0 unspecified atom stereocenters. The summed E-state index contributed by atoms with van der Waals surface area (Å²) < 4.78 is 0. The van der Waals surface area contributed by atoms with Crippen molar-refractivity contribution in [3.05, 3.63) is 36.0 Å². The number of carbonyl (C=O) groups excluding carboxylic acids is 1. The predicted molar refractivity (Wildman–Crippen MR) is 58.5 cm³/mol. The Kier molecular flexibility index (Phi) is 3.66.